The van der Waals surface area contributed by atoms with Crippen molar-refractivity contribution in [2.24, 2.45) is 0 Å². The molecule has 88 valence electrons. The third-order valence-corrected chi connectivity index (χ3v) is 2.37. The molecule has 0 spiro atoms. The van der Waals surface area contributed by atoms with Crippen LogP contribution in [-0.4, -0.2) is 11.9 Å². The molecule has 0 aliphatic carbocycles. The summed E-state index contributed by atoms with van der Waals surface area (Å²) in [6.45, 7) is 1.77. The van der Waals surface area contributed by atoms with Crippen molar-refractivity contribution in [2.75, 3.05) is 0 Å². The van der Waals surface area contributed by atoms with E-state index in [1.54, 1.807) is 19.1 Å². The monoisotopic (exact) mass is 268 g/mol. The smallest absolute Gasteiger partial charge is 0.252 e. The Morgan fingerprint density at radius 3 is 2.47 bits per heavy atom. The molecule has 0 heterocycles. The zero-order chi connectivity index (χ0) is 12.8. The lowest BCUT2D eigenvalue weighted by Crippen LogP contribution is -2.32. The van der Waals surface area contributed by atoms with Crippen LogP contribution in [-0.2, 0) is 0 Å². The van der Waals surface area contributed by atoms with Crippen LogP contribution in [0.4, 0.5) is 0 Å². The molecule has 0 bridgehead atoms. The Bertz CT molecular complexity index is 472. The summed E-state index contributed by atoms with van der Waals surface area (Å²) in [5.74, 6) is -0.390. The predicted octanol–water partition coefficient (Wildman–Crippen LogP) is 3.19. The van der Waals surface area contributed by atoms with Gasteiger partial charge in [0.15, 0.2) is 0 Å². The maximum atomic E-state index is 11.8. The highest BCUT2D eigenvalue weighted by atomic mass is 35.5. The summed E-state index contributed by atoms with van der Waals surface area (Å²) in [5, 5.41) is 12.1. The zero-order valence-corrected chi connectivity index (χ0v) is 10.6. The number of carbonyl (C=O) groups excluding carboxylic acids is 1. The van der Waals surface area contributed by atoms with Gasteiger partial charge in [-0.25, -0.2) is 0 Å². The topological polar surface area (TPSA) is 52.9 Å². The molecular weight excluding hydrogens is 259 g/mol. The summed E-state index contributed by atoms with van der Waals surface area (Å²) in [6, 6.07) is 5.81. The highest BCUT2D eigenvalue weighted by Gasteiger charge is 2.11. The second-order valence-corrected chi connectivity index (χ2v) is 4.14. The van der Waals surface area contributed by atoms with Crippen LogP contribution in [0.5, 0.6) is 0 Å². The quantitative estimate of drug-likeness (QED) is 0.857. The molecule has 5 heteroatoms. The average molecular weight is 269 g/mol. The number of nitriles is 1. The molecular formula is C12H10Cl2N2O. The van der Waals surface area contributed by atoms with Crippen molar-refractivity contribution in [2.45, 2.75) is 13.0 Å². The van der Waals surface area contributed by atoms with E-state index in [4.69, 9.17) is 28.5 Å². The van der Waals surface area contributed by atoms with Crippen molar-refractivity contribution in [1.82, 2.24) is 5.32 Å². The molecule has 0 aromatic heterocycles. The number of hydrogen-bond donors (Lipinski definition) is 1. The Labute approximate surface area is 110 Å². The average Bonchev–Trinajstić information content (AvgIpc) is 2.27. The van der Waals surface area contributed by atoms with E-state index >= 15 is 0 Å². The number of nitrogens with one attached hydrogen (secondary N) is 1. The van der Waals surface area contributed by atoms with Crippen LogP contribution in [0.25, 0.3) is 0 Å². The normalized spacial score (nSPS) is 12.1. The van der Waals surface area contributed by atoms with Crippen LogP contribution in [0, 0.1) is 11.3 Å². The molecule has 17 heavy (non-hydrogen) atoms. The summed E-state index contributed by atoms with van der Waals surface area (Å²) < 4.78 is 0. The minimum absolute atomic E-state index is 0.326. The van der Waals surface area contributed by atoms with Crippen LogP contribution in [0.3, 0.4) is 0 Å². The van der Waals surface area contributed by atoms with Crippen molar-refractivity contribution in [3.8, 4) is 6.07 Å². The van der Waals surface area contributed by atoms with Gasteiger partial charge in [0.25, 0.3) is 5.91 Å². The first kappa shape index (κ1) is 13.6. The fourth-order valence-electron chi connectivity index (χ4n) is 1.23. The third-order valence-electron chi connectivity index (χ3n) is 1.94. The van der Waals surface area contributed by atoms with Crippen LogP contribution in [0.2, 0.25) is 10.0 Å². The zero-order valence-electron chi connectivity index (χ0n) is 9.08. The number of hydrogen-bond acceptors (Lipinski definition) is 2. The fourth-order valence-corrected chi connectivity index (χ4v) is 1.75. The summed E-state index contributed by atoms with van der Waals surface area (Å²) in [4.78, 5) is 11.8. The largest absolute Gasteiger partial charge is 0.333 e. The van der Waals surface area contributed by atoms with Crippen LogP contribution in [0.1, 0.15) is 17.3 Å². The van der Waals surface area contributed by atoms with E-state index in [2.05, 4.69) is 5.32 Å². The van der Waals surface area contributed by atoms with Gasteiger partial charge in [0.2, 0.25) is 0 Å². The summed E-state index contributed by atoms with van der Waals surface area (Å²) in [7, 11) is 0. The van der Waals surface area contributed by atoms with Crippen molar-refractivity contribution in [3.63, 3.8) is 0 Å². The number of benzene rings is 1. The first-order valence-electron chi connectivity index (χ1n) is 4.86. The van der Waals surface area contributed by atoms with Crippen molar-refractivity contribution in [1.29, 1.82) is 5.26 Å². The lowest BCUT2D eigenvalue weighted by atomic mass is 10.2. The van der Waals surface area contributed by atoms with Gasteiger partial charge in [-0.2, -0.15) is 5.26 Å². The maximum absolute atomic E-state index is 11.8. The number of nitrogens with zero attached hydrogens (tertiary/aromatic N) is 1. The molecule has 0 aliphatic heterocycles. The molecule has 0 aliphatic rings. The van der Waals surface area contributed by atoms with E-state index in [0.29, 0.717) is 15.6 Å². The molecule has 1 amide bonds. The van der Waals surface area contributed by atoms with Crippen molar-refractivity contribution < 1.29 is 4.79 Å². The molecule has 0 radical (unpaired) electrons. The SMILES string of the molecule is C/C=C/C(C#N)NC(=O)c1cc(Cl)cc(Cl)c1. The van der Waals surface area contributed by atoms with Crippen LogP contribution in [0.15, 0.2) is 30.4 Å². The minimum Gasteiger partial charge on any atom is -0.333 e. The lowest BCUT2D eigenvalue weighted by Gasteiger charge is -2.08. The van der Waals surface area contributed by atoms with Crippen LogP contribution < -0.4 is 5.32 Å². The molecule has 1 rings (SSSR count). The fraction of sp³-hybridized carbons (Fsp3) is 0.167. The van der Waals surface area contributed by atoms with Crippen molar-refractivity contribution >= 4 is 29.1 Å². The molecule has 0 saturated carbocycles. The Morgan fingerprint density at radius 2 is 2.00 bits per heavy atom. The Kier molecular flexibility index (Phi) is 5.02. The predicted molar refractivity (Wildman–Crippen MR) is 68.1 cm³/mol. The Hall–Kier alpha value is -1.50. The van der Waals surface area contributed by atoms with Gasteiger partial charge >= 0.3 is 0 Å². The van der Waals surface area contributed by atoms with Gasteiger partial charge in [0.1, 0.15) is 6.04 Å². The standard InChI is InChI=1S/C12H10Cl2N2O/c1-2-3-11(7-15)16-12(17)8-4-9(13)6-10(14)5-8/h2-6,11H,1H3,(H,16,17)/b3-2+. The maximum Gasteiger partial charge on any atom is 0.252 e. The van der Waals surface area contributed by atoms with Gasteiger partial charge < -0.3 is 5.32 Å². The highest BCUT2D eigenvalue weighted by Crippen LogP contribution is 2.19. The second-order valence-electron chi connectivity index (χ2n) is 3.26. The highest BCUT2D eigenvalue weighted by molar-refractivity contribution is 6.35. The number of carbonyl (C=O) groups is 1. The van der Waals surface area contributed by atoms with Gasteiger partial charge in [0.05, 0.1) is 6.07 Å². The number of amides is 1. The van der Waals surface area contributed by atoms with Gasteiger partial charge in [-0.3, -0.25) is 4.79 Å². The summed E-state index contributed by atoms with van der Waals surface area (Å²) in [5.41, 5.74) is 0.326. The minimum atomic E-state index is -0.662. The molecule has 1 N–H and O–H groups in total. The molecule has 1 aromatic rings. The summed E-state index contributed by atoms with van der Waals surface area (Å²) >= 11 is 11.6. The molecule has 1 aromatic carbocycles. The lowest BCUT2D eigenvalue weighted by molar-refractivity contribution is 0.0951. The molecule has 1 unspecified atom stereocenters. The third kappa shape index (κ3) is 4.10. The van der Waals surface area contributed by atoms with Crippen molar-refractivity contribution in [3.05, 3.63) is 46.0 Å². The molecule has 1 atom stereocenters. The number of rotatable bonds is 3. The van der Waals surface area contributed by atoms with Crippen LogP contribution >= 0.6 is 23.2 Å². The van der Waals surface area contributed by atoms with Gasteiger partial charge in [-0.1, -0.05) is 35.4 Å². The van der Waals surface area contributed by atoms with E-state index in [9.17, 15) is 4.79 Å². The van der Waals surface area contributed by atoms with E-state index < -0.39 is 6.04 Å². The molecule has 0 fully saturated rings. The number of allylic oxidation sites excluding steroid dienone is 1. The van der Waals surface area contributed by atoms with Gasteiger partial charge in [-0.05, 0) is 25.1 Å². The number of halogens is 2. The first-order valence-corrected chi connectivity index (χ1v) is 5.62. The first-order chi connectivity index (χ1) is 8.06. The second kappa shape index (κ2) is 6.29. The molecule has 0 saturated heterocycles. The Balaban J connectivity index is 2.86. The van der Waals surface area contributed by atoms with E-state index in [0.717, 1.165) is 0 Å². The van der Waals surface area contributed by atoms with E-state index in [1.165, 1.54) is 18.2 Å². The molecule has 3 nitrogen and oxygen atoms in total. The summed E-state index contributed by atoms with van der Waals surface area (Å²) in [6.07, 6.45) is 3.28. The van der Waals surface area contributed by atoms with E-state index in [-0.39, 0.29) is 5.91 Å². The van der Waals surface area contributed by atoms with Gasteiger partial charge in [0, 0.05) is 15.6 Å². The Morgan fingerprint density at radius 1 is 1.41 bits per heavy atom. The van der Waals surface area contributed by atoms with Gasteiger partial charge in [-0.15, -0.1) is 0 Å². The van der Waals surface area contributed by atoms with E-state index in [1.807, 2.05) is 6.07 Å².